The molecule has 0 spiro atoms. The van der Waals surface area contributed by atoms with Crippen LogP contribution in [0.2, 0.25) is 5.02 Å². The quantitative estimate of drug-likeness (QED) is 0.737. The summed E-state index contributed by atoms with van der Waals surface area (Å²) in [6, 6.07) is 7.69. The van der Waals surface area contributed by atoms with Crippen LogP contribution in [0.5, 0.6) is 0 Å². The molecule has 0 radical (unpaired) electrons. The number of nitrogens with zero attached hydrogens (tertiary/aromatic N) is 2. The average Bonchev–Trinajstić information content (AvgIpc) is 2.44. The van der Waals surface area contributed by atoms with Crippen molar-refractivity contribution in [1.29, 1.82) is 0 Å². The predicted octanol–water partition coefficient (Wildman–Crippen LogP) is 5.28. The summed E-state index contributed by atoms with van der Waals surface area (Å²) in [5.41, 5.74) is 3.14. The number of aliphatic imine (C=N–C) groups is 1. The highest BCUT2D eigenvalue weighted by atomic mass is 35.5. The van der Waals surface area contributed by atoms with Crippen LogP contribution < -0.4 is 0 Å². The fourth-order valence-electron chi connectivity index (χ4n) is 2.22. The summed E-state index contributed by atoms with van der Waals surface area (Å²) in [5.74, 6) is 0.816. The van der Waals surface area contributed by atoms with Gasteiger partial charge in [0, 0.05) is 21.3 Å². The van der Waals surface area contributed by atoms with Gasteiger partial charge in [-0.1, -0.05) is 61.1 Å². The summed E-state index contributed by atoms with van der Waals surface area (Å²) in [6.45, 7) is 14.2. The molecule has 0 saturated heterocycles. The second-order valence-electron chi connectivity index (χ2n) is 4.65. The summed E-state index contributed by atoms with van der Waals surface area (Å²) in [5, 5.41) is 1.11. The van der Waals surface area contributed by atoms with Crippen molar-refractivity contribution < 1.29 is 0 Å². The molecule has 1 aromatic carbocycles. The van der Waals surface area contributed by atoms with E-state index in [-0.39, 0.29) is 0 Å². The molecule has 0 amide bonds. The molecule has 0 fully saturated rings. The topological polar surface area (TPSA) is 15.6 Å². The fourth-order valence-corrected chi connectivity index (χ4v) is 2.62. The number of amidine groups is 1. The lowest BCUT2D eigenvalue weighted by Gasteiger charge is -2.32. The van der Waals surface area contributed by atoms with E-state index in [0.717, 1.165) is 17.1 Å². The average molecular weight is 319 g/mol. The van der Waals surface area contributed by atoms with Crippen molar-refractivity contribution in [2.45, 2.75) is 13.5 Å². The number of halogens is 2. The van der Waals surface area contributed by atoms with Crippen molar-refractivity contribution in [3.8, 4) is 0 Å². The maximum absolute atomic E-state index is 6.23. The third-order valence-corrected chi connectivity index (χ3v) is 3.85. The van der Waals surface area contributed by atoms with Crippen LogP contribution >= 0.6 is 23.2 Å². The van der Waals surface area contributed by atoms with Crippen LogP contribution in [0.4, 0.5) is 0 Å². The molecule has 2 nitrogen and oxygen atoms in total. The first-order valence-electron chi connectivity index (χ1n) is 6.42. The Kier molecular flexibility index (Phi) is 4.71. The summed E-state index contributed by atoms with van der Waals surface area (Å²) in [6.07, 6.45) is 1.66. The Balaban J connectivity index is 2.40. The van der Waals surface area contributed by atoms with Crippen molar-refractivity contribution in [1.82, 2.24) is 4.90 Å². The lowest BCUT2D eigenvalue weighted by atomic mass is 10.1. The second-order valence-corrected chi connectivity index (χ2v) is 5.52. The number of hydrogen-bond acceptors (Lipinski definition) is 2. The van der Waals surface area contributed by atoms with Gasteiger partial charge in [0.05, 0.1) is 12.2 Å². The zero-order chi connectivity index (χ0) is 15.6. The Bertz CT molecular complexity index is 684. The largest absolute Gasteiger partial charge is 0.325 e. The summed E-state index contributed by atoms with van der Waals surface area (Å²) < 4.78 is 0. The van der Waals surface area contributed by atoms with Gasteiger partial charge in [-0.15, -0.1) is 0 Å². The molecule has 0 unspecified atom stereocenters. The van der Waals surface area contributed by atoms with Gasteiger partial charge in [-0.2, -0.15) is 0 Å². The van der Waals surface area contributed by atoms with Crippen LogP contribution in [-0.4, -0.2) is 10.7 Å². The molecule has 1 aliphatic rings. The molecule has 108 valence electrons. The molecule has 2 rings (SSSR count). The Morgan fingerprint density at radius 3 is 2.62 bits per heavy atom. The number of benzene rings is 1. The monoisotopic (exact) mass is 318 g/mol. The molecule has 0 aromatic heterocycles. The first kappa shape index (κ1) is 15.6. The highest BCUT2D eigenvalue weighted by Gasteiger charge is 2.24. The zero-order valence-corrected chi connectivity index (χ0v) is 13.4. The van der Waals surface area contributed by atoms with Gasteiger partial charge in [0.2, 0.25) is 0 Å². The van der Waals surface area contributed by atoms with Crippen molar-refractivity contribution in [3.05, 3.63) is 82.7 Å². The lowest BCUT2D eigenvalue weighted by molar-refractivity contribution is 0.509. The molecule has 1 aliphatic heterocycles. The van der Waals surface area contributed by atoms with Gasteiger partial charge in [0.25, 0.3) is 0 Å². The van der Waals surface area contributed by atoms with Crippen molar-refractivity contribution in [2.75, 3.05) is 0 Å². The molecular formula is C17H16Cl2N2. The van der Waals surface area contributed by atoms with Gasteiger partial charge in [0.1, 0.15) is 5.84 Å². The smallest absolute Gasteiger partial charge is 0.106 e. The van der Waals surface area contributed by atoms with Gasteiger partial charge in [-0.25, -0.2) is 4.99 Å². The lowest BCUT2D eigenvalue weighted by Crippen LogP contribution is -2.31. The third-order valence-electron chi connectivity index (χ3n) is 3.29. The van der Waals surface area contributed by atoms with E-state index in [1.54, 1.807) is 6.08 Å². The predicted molar refractivity (Wildman–Crippen MR) is 91.5 cm³/mol. The number of rotatable bonds is 4. The molecule has 21 heavy (non-hydrogen) atoms. The van der Waals surface area contributed by atoms with E-state index < -0.39 is 0 Å². The number of hydrogen-bond donors (Lipinski definition) is 0. The van der Waals surface area contributed by atoms with E-state index in [4.69, 9.17) is 23.2 Å². The maximum atomic E-state index is 6.23. The Hall–Kier alpha value is -1.77. The van der Waals surface area contributed by atoms with Crippen molar-refractivity contribution in [2.24, 2.45) is 4.99 Å². The van der Waals surface area contributed by atoms with E-state index in [2.05, 4.69) is 24.7 Å². The van der Waals surface area contributed by atoms with Gasteiger partial charge in [-0.05, 0) is 24.6 Å². The van der Waals surface area contributed by atoms with E-state index in [1.165, 1.54) is 0 Å². The van der Waals surface area contributed by atoms with E-state index in [1.807, 2.05) is 36.1 Å². The minimum atomic E-state index is 0.398. The van der Waals surface area contributed by atoms with Crippen LogP contribution in [0, 0.1) is 0 Å². The van der Waals surface area contributed by atoms with Crippen LogP contribution in [0.25, 0.3) is 0 Å². The van der Waals surface area contributed by atoms with Crippen LogP contribution in [0.3, 0.4) is 0 Å². The number of allylic oxidation sites excluding steroid dienone is 2. The zero-order valence-electron chi connectivity index (χ0n) is 11.9. The van der Waals surface area contributed by atoms with Crippen LogP contribution in [0.15, 0.2) is 77.1 Å². The SMILES string of the molecule is C=CC1=C(C(=C)Cl)C(=C)N(Cc2ccccc2Cl)C(C)=N1. The molecule has 0 N–H and O–H groups in total. The van der Waals surface area contributed by atoms with Crippen molar-refractivity contribution >= 4 is 29.0 Å². The van der Waals surface area contributed by atoms with Crippen molar-refractivity contribution in [3.63, 3.8) is 0 Å². The van der Waals surface area contributed by atoms with Gasteiger partial charge < -0.3 is 4.90 Å². The van der Waals surface area contributed by atoms with Gasteiger partial charge in [-0.3, -0.25) is 0 Å². The highest BCUT2D eigenvalue weighted by Crippen LogP contribution is 2.33. The Morgan fingerprint density at radius 1 is 1.38 bits per heavy atom. The van der Waals surface area contributed by atoms with Gasteiger partial charge in [0.15, 0.2) is 0 Å². The molecule has 1 heterocycles. The first-order chi connectivity index (χ1) is 9.95. The molecule has 0 aliphatic carbocycles. The molecule has 0 atom stereocenters. The van der Waals surface area contributed by atoms with E-state index >= 15 is 0 Å². The molecule has 0 saturated carbocycles. The van der Waals surface area contributed by atoms with Crippen LogP contribution in [0.1, 0.15) is 12.5 Å². The highest BCUT2D eigenvalue weighted by molar-refractivity contribution is 6.32. The Labute approximate surface area is 135 Å². The standard InChI is InChI=1S/C17H16Cl2N2/c1-5-16-17(11(2)18)12(3)21(13(4)20-16)10-14-8-6-7-9-15(14)19/h5-9H,1-3,10H2,4H3. The van der Waals surface area contributed by atoms with Crippen LogP contribution in [-0.2, 0) is 6.54 Å². The van der Waals surface area contributed by atoms with Gasteiger partial charge >= 0.3 is 0 Å². The third kappa shape index (κ3) is 3.12. The molecule has 1 aromatic rings. The minimum absolute atomic E-state index is 0.398. The summed E-state index contributed by atoms with van der Waals surface area (Å²) in [7, 11) is 0. The van der Waals surface area contributed by atoms with E-state index in [0.29, 0.717) is 27.9 Å². The summed E-state index contributed by atoms with van der Waals surface area (Å²) >= 11 is 12.3. The first-order valence-corrected chi connectivity index (χ1v) is 7.18. The minimum Gasteiger partial charge on any atom is -0.325 e. The summed E-state index contributed by atoms with van der Waals surface area (Å²) in [4.78, 5) is 6.49. The molecular weight excluding hydrogens is 303 g/mol. The van der Waals surface area contributed by atoms with E-state index in [9.17, 15) is 0 Å². The Morgan fingerprint density at radius 2 is 2.05 bits per heavy atom. The normalized spacial score (nSPS) is 15.1. The second kappa shape index (κ2) is 6.33. The fraction of sp³-hybridized carbons (Fsp3) is 0.118. The molecule has 4 heteroatoms. The maximum Gasteiger partial charge on any atom is 0.106 e. The molecule has 0 bridgehead atoms.